The second kappa shape index (κ2) is 9.09. The van der Waals surface area contributed by atoms with Crippen LogP contribution in [0.2, 0.25) is 0 Å². The maximum atomic E-state index is 13.2. The van der Waals surface area contributed by atoms with Gasteiger partial charge < -0.3 is 26.0 Å². The number of likely N-dealkylation sites (N-methyl/N-ethyl adjacent to an activating group) is 1. The number of alkyl halides is 1. The van der Waals surface area contributed by atoms with Crippen molar-refractivity contribution in [3.05, 3.63) is 0 Å². The highest BCUT2D eigenvalue weighted by atomic mass is 35.5. The zero-order valence-corrected chi connectivity index (χ0v) is 17.3. The average Bonchev–Trinajstić information content (AvgIpc) is 2.99. The summed E-state index contributed by atoms with van der Waals surface area (Å²) < 4.78 is 6.41. The summed E-state index contributed by atoms with van der Waals surface area (Å²) in [6, 6.07) is -0.0289. The maximum absolute atomic E-state index is 13.2. The van der Waals surface area contributed by atoms with Crippen LogP contribution < -0.4 is 27.1 Å². The van der Waals surface area contributed by atoms with E-state index in [1.807, 2.05) is 5.01 Å². The molecule has 7 atom stereocenters. The molecule has 0 bridgehead atoms. The van der Waals surface area contributed by atoms with Gasteiger partial charge in [0.25, 0.3) is 0 Å². The standard InChI is InChI=1S/C18H34ClN7O2/c1-25-6-4-14(28-12-3-2-5-21-8-12)13(10-25)23-18(27)15-16(20)24-26-9-11(19)7-22-17(15)26/h11-17,21-22,24H,2-10,20H2,1H3,(H,23,27)/t11?,12-,13?,14?,15?,16?,17?/m1/s1. The average molecular weight is 416 g/mol. The predicted octanol–water partition coefficient (Wildman–Crippen LogP) is -1.80. The minimum absolute atomic E-state index is 0.00615. The lowest BCUT2D eigenvalue weighted by Crippen LogP contribution is -2.61. The van der Waals surface area contributed by atoms with E-state index >= 15 is 0 Å². The summed E-state index contributed by atoms with van der Waals surface area (Å²) in [7, 11) is 2.09. The predicted molar refractivity (Wildman–Crippen MR) is 108 cm³/mol. The molecular formula is C18H34ClN7O2. The molecule has 4 saturated heterocycles. The van der Waals surface area contributed by atoms with Crippen LogP contribution in [-0.4, -0.2) is 98.1 Å². The van der Waals surface area contributed by atoms with Crippen molar-refractivity contribution in [2.24, 2.45) is 11.7 Å². The fraction of sp³-hybridized carbons (Fsp3) is 0.944. The molecule has 0 radical (unpaired) electrons. The molecule has 0 aromatic carbocycles. The number of nitrogens with zero attached hydrogens (tertiary/aromatic N) is 2. The summed E-state index contributed by atoms with van der Waals surface area (Å²) in [6.07, 6.45) is 2.86. The van der Waals surface area contributed by atoms with Gasteiger partial charge >= 0.3 is 0 Å². The van der Waals surface area contributed by atoms with Crippen molar-refractivity contribution < 1.29 is 9.53 Å². The summed E-state index contributed by atoms with van der Waals surface area (Å²) in [5.41, 5.74) is 9.45. The molecule has 10 heteroatoms. The number of hydrazine groups is 1. The van der Waals surface area contributed by atoms with Crippen molar-refractivity contribution in [3.8, 4) is 0 Å². The van der Waals surface area contributed by atoms with Gasteiger partial charge in [-0.25, -0.2) is 10.4 Å². The van der Waals surface area contributed by atoms with E-state index < -0.39 is 6.17 Å². The molecule has 4 rings (SSSR count). The van der Waals surface area contributed by atoms with Crippen LogP contribution in [-0.2, 0) is 9.53 Å². The van der Waals surface area contributed by atoms with Gasteiger partial charge in [-0.1, -0.05) is 0 Å². The van der Waals surface area contributed by atoms with E-state index in [0.717, 1.165) is 45.4 Å². The molecule has 0 aromatic rings. The first-order chi connectivity index (χ1) is 13.5. The zero-order valence-electron chi connectivity index (χ0n) is 16.6. The highest BCUT2D eigenvalue weighted by Gasteiger charge is 2.47. The number of amides is 1. The van der Waals surface area contributed by atoms with Crippen LogP contribution in [0.5, 0.6) is 0 Å². The smallest absolute Gasteiger partial charge is 0.229 e. The van der Waals surface area contributed by atoms with E-state index in [4.69, 9.17) is 22.1 Å². The third-order valence-corrected chi connectivity index (χ3v) is 6.62. The number of nitrogens with two attached hydrogens (primary N) is 1. The zero-order chi connectivity index (χ0) is 19.7. The highest BCUT2D eigenvalue weighted by molar-refractivity contribution is 6.21. The van der Waals surface area contributed by atoms with E-state index in [2.05, 4.69) is 33.3 Å². The lowest BCUT2D eigenvalue weighted by atomic mass is 9.97. The highest BCUT2D eigenvalue weighted by Crippen LogP contribution is 2.24. The van der Waals surface area contributed by atoms with Gasteiger partial charge in [-0.05, 0) is 32.9 Å². The third kappa shape index (κ3) is 4.62. The molecule has 6 unspecified atom stereocenters. The Morgan fingerprint density at radius 1 is 1.29 bits per heavy atom. The van der Waals surface area contributed by atoms with Gasteiger partial charge in [0.2, 0.25) is 5.91 Å². The number of fused-ring (bicyclic) bond motifs is 1. The SMILES string of the molecule is CN1CCC(O[C@@H]2CCCNC2)C(NC(=O)C2C(N)NN3CC(Cl)CNC23)C1. The lowest BCUT2D eigenvalue weighted by Gasteiger charge is -2.40. The molecule has 1 amide bonds. The molecule has 4 aliphatic heterocycles. The van der Waals surface area contributed by atoms with E-state index in [-0.39, 0.29) is 41.6 Å². The topological polar surface area (TPSA) is 107 Å². The van der Waals surface area contributed by atoms with Crippen LogP contribution in [0.3, 0.4) is 0 Å². The summed E-state index contributed by atoms with van der Waals surface area (Å²) in [6.45, 7) is 5.07. The van der Waals surface area contributed by atoms with Crippen molar-refractivity contribution >= 4 is 17.5 Å². The molecule has 4 aliphatic rings. The van der Waals surface area contributed by atoms with Crippen LogP contribution in [0, 0.1) is 5.92 Å². The Labute approximate surface area is 172 Å². The van der Waals surface area contributed by atoms with E-state index in [1.54, 1.807) is 0 Å². The summed E-state index contributed by atoms with van der Waals surface area (Å²) in [4.78, 5) is 15.4. The maximum Gasteiger partial charge on any atom is 0.229 e. The molecule has 0 aromatic heterocycles. The molecule has 6 N–H and O–H groups in total. The Morgan fingerprint density at radius 3 is 2.93 bits per heavy atom. The van der Waals surface area contributed by atoms with Crippen LogP contribution in [0.1, 0.15) is 19.3 Å². The fourth-order valence-corrected chi connectivity index (χ4v) is 5.07. The van der Waals surface area contributed by atoms with Crippen LogP contribution >= 0.6 is 11.6 Å². The number of nitrogens with one attached hydrogen (secondary N) is 4. The molecule has 4 fully saturated rings. The van der Waals surface area contributed by atoms with Gasteiger partial charge in [-0.2, -0.15) is 0 Å². The van der Waals surface area contributed by atoms with Gasteiger partial charge in [-0.3, -0.25) is 10.1 Å². The number of ether oxygens (including phenoxy) is 1. The minimum atomic E-state index is -0.428. The van der Waals surface area contributed by atoms with Gasteiger partial charge in [0.05, 0.1) is 41.9 Å². The minimum Gasteiger partial charge on any atom is -0.371 e. The molecule has 4 heterocycles. The van der Waals surface area contributed by atoms with Crippen molar-refractivity contribution in [1.29, 1.82) is 0 Å². The lowest BCUT2D eigenvalue weighted by molar-refractivity contribution is -0.131. The third-order valence-electron chi connectivity index (χ3n) is 6.32. The Kier molecular flexibility index (Phi) is 6.74. The van der Waals surface area contributed by atoms with Crippen molar-refractivity contribution in [1.82, 2.24) is 31.3 Å². The molecule has 0 saturated carbocycles. The fourth-order valence-electron chi connectivity index (χ4n) is 4.84. The van der Waals surface area contributed by atoms with Crippen molar-refractivity contribution in [3.63, 3.8) is 0 Å². The largest absolute Gasteiger partial charge is 0.371 e. The molecule has 160 valence electrons. The first-order valence-electron chi connectivity index (χ1n) is 10.5. The number of hydrogen-bond donors (Lipinski definition) is 5. The number of carbonyl (C=O) groups is 1. The van der Waals surface area contributed by atoms with E-state index in [9.17, 15) is 4.79 Å². The van der Waals surface area contributed by atoms with Crippen molar-refractivity contribution in [2.45, 2.75) is 55.2 Å². The van der Waals surface area contributed by atoms with Gasteiger partial charge in [-0.15, -0.1) is 11.6 Å². The number of rotatable bonds is 4. The van der Waals surface area contributed by atoms with Gasteiger partial charge in [0, 0.05) is 32.7 Å². The second-order valence-corrected chi connectivity index (χ2v) is 9.21. The quantitative estimate of drug-likeness (QED) is 0.342. The molecule has 0 aliphatic carbocycles. The number of halogens is 1. The molecule has 9 nitrogen and oxygen atoms in total. The van der Waals surface area contributed by atoms with Crippen LogP contribution in [0.4, 0.5) is 0 Å². The van der Waals surface area contributed by atoms with Gasteiger partial charge in [0.15, 0.2) is 0 Å². The Morgan fingerprint density at radius 2 is 2.14 bits per heavy atom. The number of piperidine rings is 2. The normalized spacial score (nSPS) is 42.9. The Hall–Kier alpha value is -0.520. The summed E-state index contributed by atoms with van der Waals surface area (Å²) >= 11 is 6.23. The van der Waals surface area contributed by atoms with Crippen LogP contribution in [0.25, 0.3) is 0 Å². The van der Waals surface area contributed by atoms with Crippen LogP contribution in [0.15, 0.2) is 0 Å². The number of carbonyl (C=O) groups excluding carboxylic acids is 1. The molecular weight excluding hydrogens is 382 g/mol. The van der Waals surface area contributed by atoms with E-state index in [1.165, 1.54) is 0 Å². The Balaban J connectivity index is 1.39. The van der Waals surface area contributed by atoms with Gasteiger partial charge in [0.1, 0.15) is 0 Å². The number of hydrogen-bond acceptors (Lipinski definition) is 8. The Bertz CT molecular complexity index is 550. The monoisotopic (exact) mass is 415 g/mol. The molecule has 0 spiro atoms. The molecule has 28 heavy (non-hydrogen) atoms. The first kappa shape index (κ1) is 20.7. The van der Waals surface area contributed by atoms with Crippen molar-refractivity contribution in [2.75, 3.05) is 46.3 Å². The van der Waals surface area contributed by atoms with E-state index in [0.29, 0.717) is 13.1 Å². The summed E-state index contributed by atoms with van der Waals surface area (Å²) in [5.74, 6) is -0.392. The first-order valence-corrected chi connectivity index (χ1v) is 11.0. The second-order valence-electron chi connectivity index (χ2n) is 8.59. The number of likely N-dealkylation sites (tertiary alicyclic amines) is 1. The summed E-state index contributed by atoms with van der Waals surface area (Å²) in [5, 5.41) is 12.0.